The Hall–Kier alpha value is -2.16. The van der Waals surface area contributed by atoms with Gasteiger partial charge in [-0.05, 0) is 36.1 Å². The fourth-order valence-electron chi connectivity index (χ4n) is 2.89. The number of rotatable bonds is 2. The van der Waals surface area contributed by atoms with Crippen LogP contribution in [0.2, 0.25) is 0 Å². The summed E-state index contributed by atoms with van der Waals surface area (Å²) in [6, 6.07) is 14.7. The normalized spacial score (nSPS) is 14.6. The second-order valence-electron chi connectivity index (χ2n) is 5.15. The van der Waals surface area contributed by atoms with Crippen LogP contribution in [0.15, 0.2) is 42.5 Å². The molecule has 1 aliphatic rings. The summed E-state index contributed by atoms with van der Waals surface area (Å²) in [5, 5.41) is 0. The molecule has 0 saturated heterocycles. The molecule has 2 aromatic carbocycles. The van der Waals surface area contributed by atoms with Crippen LogP contribution in [0.3, 0.4) is 0 Å². The first-order valence-electron chi connectivity index (χ1n) is 7.04. The SMILES string of the molecule is COc1cccc(N2CCc3ccccc3CC2)c1N. The predicted octanol–water partition coefficient (Wildman–Crippen LogP) is 2.88. The van der Waals surface area contributed by atoms with Crippen molar-refractivity contribution in [3.8, 4) is 5.75 Å². The maximum atomic E-state index is 6.21. The molecule has 0 radical (unpaired) electrons. The Balaban J connectivity index is 1.87. The van der Waals surface area contributed by atoms with Crippen LogP contribution >= 0.6 is 0 Å². The van der Waals surface area contributed by atoms with Crippen molar-refractivity contribution in [1.29, 1.82) is 0 Å². The van der Waals surface area contributed by atoms with Crippen LogP contribution in [0.5, 0.6) is 5.75 Å². The number of methoxy groups -OCH3 is 1. The number of ether oxygens (including phenoxy) is 1. The second kappa shape index (κ2) is 5.45. The first-order chi connectivity index (χ1) is 9.79. The van der Waals surface area contributed by atoms with Gasteiger partial charge in [0, 0.05) is 13.1 Å². The standard InChI is InChI=1S/C17H20N2O/c1-20-16-8-4-7-15(17(16)18)19-11-9-13-5-2-3-6-14(13)10-12-19/h2-8H,9-12,18H2,1H3. The van der Waals surface area contributed by atoms with Crippen LogP contribution in [0.4, 0.5) is 11.4 Å². The minimum atomic E-state index is 0.737. The Morgan fingerprint density at radius 1 is 0.950 bits per heavy atom. The van der Waals surface area contributed by atoms with Crippen molar-refractivity contribution in [3.05, 3.63) is 53.6 Å². The molecule has 0 saturated carbocycles. The third kappa shape index (κ3) is 2.31. The lowest BCUT2D eigenvalue weighted by molar-refractivity contribution is 0.417. The summed E-state index contributed by atoms with van der Waals surface area (Å²) in [5.41, 5.74) is 10.9. The van der Waals surface area contributed by atoms with Gasteiger partial charge >= 0.3 is 0 Å². The smallest absolute Gasteiger partial charge is 0.143 e. The Labute approximate surface area is 120 Å². The molecular formula is C17H20N2O. The van der Waals surface area contributed by atoms with Crippen molar-refractivity contribution in [2.45, 2.75) is 12.8 Å². The van der Waals surface area contributed by atoms with Crippen molar-refractivity contribution >= 4 is 11.4 Å². The van der Waals surface area contributed by atoms with Crippen LogP contribution < -0.4 is 15.4 Å². The third-order valence-electron chi connectivity index (χ3n) is 4.02. The van der Waals surface area contributed by atoms with Crippen molar-refractivity contribution in [2.75, 3.05) is 30.8 Å². The molecule has 2 N–H and O–H groups in total. The van der Waals surface area contributed by atoms with Crippen molar-refractivity contribution in [1.82, 2.24) is 0 Å². The van der Waals surface area contributed by atoms with Gasteiger partial charge in [0.1, 0.15) is 5.75 Å². The Morgan fingerprint density at radius 2 is 1.60 bits per heavy atom. The summed E-state index contributed by atoms with van der Waals surface area (Å²) in [6.07, 6.45) is 2.12. The number of nitrogens with zero attached hydrogens (tertiary/aromatic N) is 1. The number of benzene rings is 2. The van der Waals surface area contributed by atoms with Crippen LogP contribution in [0.1, 0.15) is 11.1 Å². The number of hydrogen-bond acceptors (Lipinski definition) is 3. The Kier molecular flexibility index (Phi) is 3.50. The molecule has 0 fully saturated rings. The minimum Gasteiger partial charge on any atom is -0.495 e. The highest BCUT2D eigenvalue weighted by Crippen LogP contribution is 2.33. The Bertz CT molecular complexity index is 583. The fourth-order valence-corrected chi connectivity index (χ4v) is 2.89. The monoisotopic (exact) mass is 268 g/mol. The van der Waals surface area contributed by atoms with Gasteiger partial charge in [0.25, 0.3) is 0 Å². The lowest BCUT2D eigenvalue weighted by Gasteiger charge is -2.25. The van der Waals surface area contributed by atoms with Gasteiger partial charge in [0.2, 0.25) is 0 Å². The molecule has 0 bridgehead atoms. The number of hydrogen-bond donors (Lipinski definition) is 1. The molecule has 104 valence electrons. The lowest BCUT2D eigenvalue weighted by atomic mass is 10.0. The Morgan fingerprint density at radius 3 is 2.20 bits per heavy atom. The number of nitrogens with two attached hydrogens (primary N) is 1. The average molecular weight is 268 g/mol. The molecule has 0 unspecified atom stereocenters. The highest BCUT2D eigenvalue weighted by atomic mass is 16.5. The molecule has 0 atom stereocenters. The van der Waals surface area contributed by atoms with Crippen LogP contribution in [-0.2, 0) is 12.8 Å². The topological polar surface area (TPSA) is 38.5 Å². The summed E-state index contributed by atoms with van der Waals surface area (Å²) in [4.78, 5) is 2.36. The summed E-state index contributed by atoms with van der Waals surface area (Å²) in [5.74, 6) is 0.754. The molecule has 2 aromatic rings. The molecule has 0 amide bonds. The van der Waals surface area contributed by atoms with Crippen molar-refractivity contribution in [3.63, 3.8) is 0 Å². The fraction of sp³-hybridized carbons (Fsp3) is 0.294. The van der Waals surface area contributed by atoms with Gasteiger partial charge in [-0.1, -0.05) is 30.3 Å². The number of para-hydroxylation sites is 1. The molecule has 0 spiro atoms. The van der Waals surface area contributed by atoms with Crippen LogP contribution in [-0.4, -0.2) is 20.2 Å². The van der Waals surface area contributed by atoms with Gasteiger partial charge in [-0.25, -0.2) is 0 Å². The number of fused-ring (bicyclic) bond motifs is 1. The van der Waals surface area contributed by atoms with Gasteiger partial charge in [-0.2, -0.15) is 0 Å². The van der Waals surface area contributed by atoms with Gasteiger partial charge in [0.05, 0.1) is 18.5 Å². The summed E-state index contributed by atoms with van der Waals surface area (Å²) < 4.78 is 5.32. The summed E-state index contributed by atoms with van der Waals surface area (Å²) in [6.45, 7) is 1.99. The van der Waals surface area contributed by atoms with E-state index in [2.05, 4.69) is 35.2 Å². The van der Waals surface area contributed by atoms with E-state index in [1.165, 1.54) is 11.1 Å². The maximum Gasteiger partial charge on any atom is 0.143 e. The highest BCUT2D eigenvalue weighted by Gasteiger charge is 2.17. The molecule has 3 heteroatoms. The van der Waals surface area contributed by atoms with E-state index in [1.54, 1.807) is 7.11 Å². The predicted molar refractivity (Wildman–Crippen MR) is 83.5 cm³/mol. The average Bonchev–Trinajstić information content (AvgIpc) is 2.70. The summed E-state index contributed by atoms with van der Waals surface area (Å²) >= 11 is 0. The third-order valence-corrected chi connectivity index (χ3v) is 4.02. The van der Waals surface area contributed by atoms with Crippen LogP contribution in [0.25, 0.3) is 0 Å². The maximum absolute atomic E-state index is 6.21. The molecule has 1 heterocycles. The second-order valence-corrected chi connectivity index (χ2v) is 5.15. The first-order valence-corrected chi connectivity index (χ1v) is 7.04. The quantitative estimate of drug-likeness (QED) is 0.851. The lowest BCUT2D eigenvalue weighted by Crippen LogP contribution is -2.26. The molecule has 20 heavy (non-hydrogen) atoms. The van der Waals surface area contributed by atoms with Gasteiger partial charge in [-0.15, -0.1) is 0 Å². The van der Waals surface area contributed by atoms with E-state index >= 15 is 0 Å². The van der Waals surface area contributed by atoms with E-state index < -0.39 is 0 Å². The molecule has 1 aliphatic heterocycles. The zero-order chi connectivity index (χ0) is 13.9. The number of anilines is 2. The van der Waals surface area contributed by atoms with Crippen LogP contribution in [0, 0.1) is 0 Å². The van der Waals surface area contributed by atoms with E-state index in [0.717, 1.165) is 43.1 Å². The molecular weight excluding hydrogens is 248 g/mol. The van der Waals surface area contributed by atoms with Gasteiger partial charge < -0.3 is 15.4 Å². The zero-order valence-corrected chi connectivity index (χ0v) is 11.8. The minimum absolute atomic E-state index is 0.737. The van der Waals surface area contributed by atoms with Gasteiger partial charge in [-0.3, -0.25) is 0 Å². The van der Waals surface area contributed by atoms with E-state index in [9.17, 15) is 0 Å². The van der Waals surface area contributed by atoms with E-state index in [-0.39, 0.29) is 0 Å². The molecule has 0 aliphatic carbocycles. The molecule has 3 rings (SSSR count). The molecule has 3 nitrogen and oxygen atoms in total. The van der Waals surface area contributed by atoms with E-state index in [4.69, 9.17) is 10.5 Å². The number of nitrogen functional groups attached to an aromatic ring is 1. The zero-order valence-electron chi connectivity index (χ0n) is 11.8. The summed E-state index contributed by atoms with van der Waals surface area (Å²) in [7, 11) is 1.66. The highest BCUT2D eigenvalue weighted by molar-refractivity contribution is 5.74. The van der Waals surface area contributed by atoms with E-state index in [0.29, 0.717) is 0 Å². The molecule has 0 aromatic heterocycles. The van der Waals surface area contributed by atoms with E-state index in [1.807, 2.05) is 12.1 Å². The largest absolute Gasteiger partial charge is 0.495 e. The van der Waals surface area contributed by atoms with Crippen molar-refractivity contribution in [2.24, 2.45) is 0 Å². The first kappa shape index (κ1) is 12.9. The van der Waals surface area contributed by atoms with Crippen molar-refractivity contribution < 1.29 is 4.74 Å². The van der Waals surface area contributed by atoms with Gasteiger partial charge in [0.15, 0.2) is 0 Å².